The number of anilines is 2. The number of para-hydroxylation sites is 1. The van der Waals surface area contributed by atoms with Gasteiger partial charge in [0.05, 0.1) is 24.3 Å². The first kappa shape index (κ1) is 69.9. The van der Waals surface area contributed by atoms with Crippen molar-refractivity contribution in [3.05, 3.63) is 142 Å². The molecule has 4 aromatic carbocycles. The van der Waals surface area contributed by atoms with Gasteiger partial charge in [0.2, 0.25) is 35.4 Å². The van der Waals surface area contributed by atoms with Crippen molar-refractivity contribution >= 4 is 64.8 Å². The molecule has 0 fully saturated rings. The molecule has 20 heteroatoms. The van der Waals surface area contributed by atoms with Crippen molar-refractivity contribution < 1.29 is 53.0 Å². The van der Waals surface area contributed by atoms with Crippen molar-refractivity contribution in [3.63, 3.8) is 0 Å². The van der Waals surface area contributed by atoms with E-state index in [9.17, 15) is 48.3 Å². The summed E-state index contributed by atoms with van der Waals surface area (Å²) >= 11 is 0. The number of carboxylic acid groups (broad SMARTS) is 1. The number of carbonyl (C=O) groups excluding carboxylic acids is 8. The number of hydrogen-bond acceptors (Lipinski definition) is 11. The molecule has 0 spiro atoms. The summed E-state index contributed by atoms with van der Waals surface area (Å²) in [7, 11) is 3.31. The Balaban J connectivity index is 1.14. The van der Waals surface area contributed by atoms with Crippen molar-refractivity contribution in [2.45, 2.75) is 163 Å². The van der Waals surface area contributed by atoms with Crippen LogP contribution in [0.4, 0.5) is 16.2 Å². The summed E-state index contributed by atoms with van der Waals surface area (Å²) in [5.41, 5.74) is 9.76. The molecule has 0 radical (unpaired) electrons. The van der Waals surface area contributed by atoms with Crippen molar-refractivity contribution in [3.8, 4) is 11.8 Å². The van der Waals surface area contributed by atoms with Crippen LogP contribution >= 0.6 is 0 Å². The number of esters is 1. The monoisotopic (exact) mass is 1210 g/mol. The van der Waals surface area contributed by atoms with E-state index in [0.29, 0.717) is 35.3 Å². The average Bonchev–Trinajstić information content (AvgIpc) is 1.33. The van der Waals surface area contributed by atoms with Gasteiger partial charge in [-0.15, -0.1) is 0 Å². The van der Waals surface area contributed by atoms with Gasteiger partial charge in [-0.25, -0.2) is 9.59 Å². The lowest BCUT2D eigenvalue weighted by molar-refractivity contribution is -0.145. The smallest absolute Gasteiger partial charge is 0.331 e. The summed E-state index contributed by atoms with van der Waals surface area (Å²) in [6.45, 7) is 18.6. The third kappa shape index (κ3) is 20.1. The molecule has 0 aliphatic carbocycles. The molecule has 472 valence electrons. The van der Waals surface area contributed by atoms with Gasteiger partial charge in [0.15, 0.2) is 0 Å². The molecule has 0 unspecified atom stereocenters. The second-order valence-corrected chi connectivity index (χ2v) is 24.7. The summed E-state index contributed by atoms with van der Waals surface area (Å²) < 4.78 is 5.61. The summed E-state index contributed by atoms with van der Waals surface area (Å²) in [6, 6.07) is 24.2. The van der Waals surface area contributed by atoms with Crippen LogP contribution in [0, 0.1) is 29.1 Å². The number of nitrogens with two attached hydrogens (primary N) is 1. The number of ether oxygens (including phenoxy) is 1. The van der Waals surface area contributed by atoms with Crippen molar-refractivity contribution in [1.29, 1.82) is 0 Å². The fourth-order valence-electron chi connectivity index (χ4n) is 10.4. The number of primary amides is 1. The van der Waals surface area contributed by atoms with Gasteiger partial charge in [0.25, 0.3) is 0 Å². The Kier molecular flexibility index (Phi) is 25.6. The van der Waals surface area contributed by atoms with Crippen molar-refractivity contribution in [2.24, 2.45) is 23.0 Å². The quantitative estimate of drug-likeness (QED) is 0.0114. The number of nitrogens with one attached hydrogen (secondary N) is 6. The van der Waals surface area contributed by atoms with Crippen LogP contribution in [0.5, 0.6) is 0 Å². The topological polar surface area (TPSA) is 288 Å². The SMILES string of the molecule is CN[C@H](C(=O)N[C@H](C(=O)N(C)[C@H](/C=C(\C)C(=O)O)C(C)C)C(C)(C)C)C(C)(C)c1cccc(CCCC(=O)OCc2ccc(NC(=O)[C@H](CCCNC(N)=O)NC(=O)[C@@H](NC(=O)CCC(=O)N3Cc4ccccc4C#Cc4ccccc43)C(C)C)cc2)c1. The maximum absolute atomic E-state index is 14.2. The zero-order valence-corrected chi connectivity index (χ0v) is 52.9. The zero-order valence-electron chi connectivity index (χ0n) is 52.9. The second-order valence-electron chi connectivity index (χ2n) is 24.7. The fourth-order valence-corrected chi connectivity index (χ4v) is 10.4. The molecular weight excluding hydrogens is 1120 g/mol. The summed E-state index contributed by atoms with van der Waals surface area (Å²) in [5.74, 6) is 1.64. The Labute approximate surface area is 517 Å². The number of carboxylic acids is 1. The molecule has 0 aromatic heterocycles. The Bertz CT molecular complexity index is 3250. The van der Waals surface area contributed by atoms with Gasteiger partial charge in [-0.05, 0) is 109 Å². The minimum absolute atomic E-state index is 0.0279. The molecule has 1 heterocycles. The van der Waals surface area contributed by atoms with Crippen molar-refractivity contribution in [1.82, 2.24) is 31.5 Å². The van der Waals surface area contributed by atoms with Crippen LogP contribution in [0.2, 0.25) is 0 Å². The van der Waals surface area contributed by atoms with E-state index in [1.165, 1.54) is 11.8 Å². The minimum Gasteiger partial charge on any atom is -0.478 e. The van der Waals surface area contributed by atoms with E-state index in [1.54, 1.807) is 63.2 Å². The number of rotatable bonds is 29. The molecule has 8 amide bonds. The van der Waals surface area contributed by atoms with Gasteiger partial charge in [0.1, 0.15) is 24.7 Å². The van der Waals surface area contributed by atoms with E-state index in [-0.39, 0.29) is 81.0 Å². The van der Waals surface area contributed by atoms with E-state index in [4.69, 9.17) is 10.5 Å². The predicted octanol–water partition coefficient (Wildman–Crippen LogP) is 7.40. The molecule has 0 saturated heterocycles. The number of benzene rings is 4. The Morgan fingerprint density at radius 1 is 0.739 bits per heavy atom. The third-order valence-corrected chi connectivity index (χ3v) is 15.7. The van der Waals surface area contributed by atoms with E-state index in [1.807, 2.05) is 121 Å². The molecule has 20 nitrogen and oxygen atoms in total. The van der Waals surface area contributed by atoms with E-state index < -0.39 is 82.6 Å². The Morgan fingerprint density at radius 3 is 2.03 bits per heavy atom. The lowest BCUT2D eigenvalue weighted by Gasteiger charge is -2.40. The normalized spacial score (nSPS) is 13.9. The van der Waals surface area contributed by atoms with E-state index >= 15 is 0 Å². The third-order valence-electron chi connectivity index (χ3n) is 15.7. The van der Waals surface area contributed by atoms with Crippen LogP contribution in [0.1, 0.15) is 141 Å². The molecular formula is C68H89N9O11. The molecule has 4 aromatic rings. The van der Waals surface area contributed by atoms with Crippen LogP contribution < -0.4 is 42.5 Å². The van der Waals surface area contributed by atoms with Gasteiger partial charge < -0.3 is 57.3 Å². The van der Waals surface area contributed by atoms with Gasteiger partial charge in [0, 0.05) is 60.7 Å². The molecule has 5 atom stereocenters. The standard InChI is InChI=1S/C68H89N9O11/c1-42(2)54(38-44(5)65(85)86)76(12)64(84)60(67(6,7)8)75-63(83)59(70-11)68(9,10)50-25-17-20-45(39-50)21-18-28-57(80)88-41-46-29-33-51(34-30-46)72-61(81)52(26-19-37-71-66(69)87)73-62(82)58(43(3)4)74-55(78)35-36-56(79)77-40-49-24-14-13-22-47(49)31-32-48-23-15-16-27-53(48)77/h13-17,20,22-25,27,29-30,33-34,38-39,42-43,52,54,58-60,70H,18-19,21,26,28,35-37,40-41H2,1-12H3,(H,72,81)(H,73,82)(H,74,78)(H,75,83)(H,85,86)(H3,69,71,87)/b44-38+/t52-,54+,58-,59+,60+/m0/s1. The minimum atomic E-state index is -1.10. The number of urea groups is 1. The van der Waals surface area contributed by atoms with E-state index in [2.05, 4.69) is 43.7 Å². The number of aliphatic carboxylic acids is 1. The highest BCUT2D eigenvalue weighted by atomic mass is 16.5. The lowest BCUT2D eigenvalue weighted by atomic mass is 9.76. The van der Waals surface area contributed by atoms with Gasteiger partial charge in [-0.1, -0.05) is 147 Å². The highest BCUT2D eigenvalue weighted by Gasteiger charge is 2.42. The maximum Gasteiger partial charge on any atom is 0.331 e. The summed E-state index contributed by atoms with van der Waals surface area (Å²) in [4.78, 5) is 123. The average molecular weight is 1210 g/mol. The van der Waals surface area contributed by atoms with Gasteiger partial charge in [-0.3, -0.25) is 33.6 Å². The lowest BCUT2D eigenvalue weighted by Crippen LogP contribution is -2.61. The molecule has 9 N–H and O–H groups in total. The number of aryl methyl sites for hydroxylation is 1. The predicted molar refractivity (Wildman–Crippen MR) is 339 cm³/mol. The molecule has 5 rings (SSSR count). The summed E-state index contributed by atoms with van der Waals surface area (Å²) in [5, 5.41) is 26.6. The highest BCUT2D eigenvalue weighted by Crippen LogP contribution is 2.31. The molecule has 0 saturated carbocycles. The molecule has 1 aliphatic heterocycles. The molecule has 1 aliphatic rings. The van der Waals surface area contributed by atoms with Crippen LogP contribution in [0.25, 0.3) is 0 Å². The maximum atomic E-state index is 14.2. The number of carbonyl (C=O) groups is 9. The largest absolute Gasteiger partial charge is 0.478 e. The van der Waals surface area contributed by atoms with Crippen molar-refractivity contribution in [2.75, 3.05) is 30.9 Å². The Hall–Kier alpha value is -8.83. The Morgan fingerprint density at radius 2 is 1.40 bits per heavy atom. The van der Waals surface area contributed by atoms with E-state index in [0.717, 1.165) is 22.3 Å². The zero-order chi connectivity index (χ0) is 65.0. The van der Waals surface area contributed by atoms with Crippen LogP contribution in [-0.4, -0.2) is 114 Å². The van der Waals surface area contributed by atoms with Crippen LogP contribution in [0.3, 0.4) is 0 Å². The summed E-state index contributed by atoms with van der Waals surface area (Å²) in [6.07, 6.45) is 2.74. The number of likely N-dealkylation sites (N-methyl/N-ethyl adjacent to an activating group) is 2. The first-order valence-corrected chi connectivity index (χ1v) is 30.0. The molecule has 0 bridgehead atoms. The van der Waals surface area contributed by atoms with Gasteiger partial charge >= 0.3 is 18.0 Å². The highest BCUT2D eigenvalue weighted by molar-refractivity contribution is 6.00. The second kappa shape index (κ2) is 32.2. The van der Waals surface area contributed by atoms with Crippen LogP contribution in [0.15, 0.2) is 109 Å². The first-order chi connectivity index (χ1) is 41.5. The number of fused-ring (bicyclic) bond motifs is 2. The fraction of sp³-hybridized carbons (Fsp3) is 0.456. The van der Waals surface area contributed by atoms with Crippen LogP contribution in [-0.2, 0) is 68.1 Å². The van der Waals surface area contributed by atoms with Gasteiger partial charge in [-0.2, -0.15) is 0 Å². The number of nitrogens with zero attached hydrogens (tertiary/aromatic N) is 2. The number of hydrogen-bond donors (Lipinski definition) is 8. The first-order valence-electron chi connectivity index (χ1n) is 30.0. The molecule has 88 heavy (non-hydrogen) atoms. The number of amides is 8.